The Morgan fingerprint density at radius 2 is 1.68 bits per heavy atom. The van der Waals surface area contributed by atoms with Gasteiger partial charge in [-0.15, -0.1) is 0 Å². The van der Waals surface area contributed by atoms with E-state index < -0.39 is 0 Å². The van der Waals surface area contributed by atoms with Crippen molar-refractivity contribution in [1.29, 1.82) is 0 Å². The predicted octanol–water partition coefficient (Wildman–Crippen LogP) is 2.19. The van der Waals surface area contributed by atoms with Crippen molar-refractivity contribution in [2.24, 2.45) is 0 Å². The average molecular weight is 340 g/mol. The molecule has 6 heteroatoms. The van der Waals surface area contributed by atoms with E-state index >= 15 is 0 Å². The minimum atomic E-state index is -0.193. The molecule has 2 aromatic rings. The summed E-state index contributed by atoms with van der Waals surface area (Å²) in [5.74, 6) is 0.764. The van der Waals surface area contributed by atoms with Crippen LogP contribution in [0.5, 0.6) is 11.5 Å². The molecule has 0 unspecified atom stereocenters. The van der Waals surface area contributed by atoms with Crippen LogP contribution in [0.15, 0.2) is 48.5 Å². The van der Waals surface area contributed by atoms with Gasteiger partial charge in [-0.1, -0.05) is 18.2 Å². The Kier molecular flexibility index (Phi) is 4.88. The lowest BCUT2D eigenvalue weighted by molar-refractivity contribution is -0.120. The first-order valence-electron chi connectivity index (χ1n) is 8.00. The number of ether oxygens (including phenoxy) is 2. The molecular formula is C19H20N2O4. The molecule has 6 nitrogen and oxygen atoms in total. The summed E-state index contributed by atoms with van der Waals surface area (Å²) < 4.78 is 10.4. The zero-order valence-corrected chi connectivity index (χ0v) is 14.3. The highest BCUT2D eigenvalue weighted by Gasteiger charge is 2.28. The van der Waals surface area contributed by atoms with Crippen LogP contribution in [-0.4, -0.2) is 50.6 Å². The van der Waals surface area contributed by atoms with E-state index in [2.05, 4.69) is 0 Å². The molecular weight excluding hydrogens is 320 g/mol. The van der Waals surface area contributed by atoms with Crippen molar-refractivity contribution >= 4 is 17.5 Å². The highest BCUT2D eigenvalue weighted by Crippen LogP contribution is 2.28. The number of anilines is 1. The first-order valence-corrected chi connectivity index (χ1v) is 8.00. The quantitative estimate of drug-likeness (QED) is 0.856. The normalized spacial score (nSPS) is 14.4. The second-order valence-electron chi connectivity index (χ2n) is 5.68. The summed E-state index contributed by atoms with van der Waals surface area (Å²) in [6, 6.07) is 14.5. The van der Waals surface area contributed by atoms with Crippen LogP contribution in [0.1, 0.15) is 10.4 Å². The van der Waals surface area contributed by atoms with Crippen molar-refractivity contribution in [3.8, 4) is 11.5 Å². The van der Waals surface area contributed by atoms with Crippen molar-refractivity contribution in [3.63, 3.8) is 0 Å². The molecule has 0 N–H and O–H groups in total. The summed E-state index contributed by atoms with van der Waals surface area (Å²) in [6.45, 7) is 1.01. The van der Waals surface area contributed by atoms with Crippen LogP contribution in [0, 0.1) is 0 Å². The van der Waals surface area contributed by atoms with Gasteiger partial charge in [0.05, 0.1) is 14.2 Å². The number of carbonyl (C=O) groups is 2. The molecule has 0 bridgehead atoms. The number of nitrogens with zero attached hydrogens (tertiary/aromatic N) is 2. The fourth-order valence-corrected chi connectivity index (χ4v) is 2.88. The SMILES string of the molecule is COc1ccc(C(=O)N2CCN(c3ccccc3)C(=O)C2)cc1OC. The van der Waals surface area contributed by atoms with Crippen molar-refractivity contribution in [3.05, 3.63) is 54.1 Å². The Morgan fingerprint density at radius 1 is 0.960 bits per heavy atom. The summed E-state index contributed by atoms with van der Waals surface area (Å²) in [6.07, 6.45) is 0. The lowest BCUT2D eigenvalue weighted by Crippen LogP contribution is -2.52. The van der Waals surface area contributed by atoms with Gasteiger partial charge in [-0.05, 0) is 30.3 Å². The van der Waals surface area contributed by atoms with E-state index in [-0.39, 0.29) is 18.4 Å². The first kappa shape index (κ1) is 16.8. The van der Waals surface area contributed by atoms with Crippen LogP contribution >= 0.6 is 0 Å². The highest BCUT2D eigenvalue weighted by atomic mass is 16.5. The third-order valence-electron chi connectivity index (χ3n) is 4.21. The third-order valence-corrected chi connectivity index (χ3v) is 4.21. The molecule has 1 heterocycles. The van der Waals surface area contributed by atoms with E-state index in [9.17, 15) is 9.59 Å². The first-order chi connectivity index (χ1) is 12.1. The summed E-state index contributed by atoms with van der Waals surface area (Å²) in [4.78, 5) is 28.4. The highest BCUT2D eigenvalue weighted by molar-refractivity contribution is 6.01. The number of para-hydroxylation sites is 1. The molecule has 0 spiro atoms. The second-order valence-corrected chi connectivity index (χ2v) is 5.68. The Hall–Kier alpha value is -3.02. The monoisotopic (exact) mass is 340 g/mol. The van der Waals surface area contributed by atoms with Crippen LogP contribution in [0.2, 0.25) is 0 Å². The number of piperazine rings is 1. The Labute approximate surface area is 146 Å². The molecule has 2 amide bonds. The maximum absolute atomic E-state index is 12.7. The zero-order chi connectivity index (χ0) is 17.8. The van der Waals surface area contributed by atoms with E-state index in [4.69, 9.17) is 9.47 Å². The average Bonchev–Trinajstić information content (AvgIpc) is 2.67. The Bertz CT molecular complexity index is 776. The van der Waals surface area contributed by atoms with Crippen LogP contribution in [-0.2, 0) is 4.79 Å². The molecule has 0 aliphatic carbocycles. The summed E-state index contributed by atoms with van der Waals surface area (Å²) in [5.41, 5.74) is 1.32. The molecule has 1 aliphatic heterocycles. The fraction of sp³-hybridized carbons (Fsp3) is 0.263. The summed E-state index contributed by atoms with van der Waals surface area (Å²) in [5, 5.41) is 0. The number of carbonyl (C=O) groups excluding carboxylic acids is 2. The van der Waals surface area contributed by atoms with E-state index in [1.807, 2.05) is 30.3 Å². The van der Waals surface area contributed by atoms with E-state index in [0.717, 1.165) is 5.69 Å². The maximum atomic E-state index is 12.7. The zero-order valence-electron chi connectivity index (χ0n) is 14.3. The molecule has 0 radical (unpaired) electrons. The molecule has 0 aromatic heterocycles. The maximum Gasteiger partial charge on any atom is 0.254 e. The number of rotatable bonds is 4. The van der Waals surface area contributed by atoms with Crippen molar-refractivity contribution < 1.29 is 19.1 Å². The number of benzene rings is 2. The topological polar surface area (TPSA) is 59.1 Å². The van der Waals surface area contributed by atoms with E-state index in [0.29, 0.717) is 30.2 Å². The van der Waals surface area contributed by atoms with Crippen LogP contribution in [0.4, 0.5) is 5.69 Å². The minimum absolute atomic E-state index is 0.0576. The van der Waals surface area contributed by atoms with Gasteiger partial charge in [0.1, 0.15) is 6.54 Å². The lowest BCUT2D eigenvalue weighted by Gasteiger charge is -2.34. The standard InChI is InChI=1S/C19H20N2O4/c1-24-16-9-8-14(12-17(16)25-2)19(23)20-10-11-21(18(22)13-20)15-6-4-3-5-7-15/h3-9,12H,10-11,13H2,1-2H3. The van der Waals surface area contributed by atoms with Gasteiger partial charge < -0.3 is 19.3 Å². The summed E-state index contributed by atoms with van der Waals surface area (Å²) >= 11 is 0. The largest absolute Gasteiger partial charge is 0.493 e. The smallest absolute Gasteiger partial charge is 0.254 e. The molecule has 0 saturated carbocycles. The van der Waals surface area contributed by atoms with Gasteiger partial charge in [-0.2, -0.15) is 0 Å². The van der Waals surface area contributed by atoms with Crippen LogP contribution in [0.25, 0.3) is 0 Å². The van der Waals surface area contributed by atoms with Gasteiger partial charge in [-0.3, -0.25) is 9.59 Å². The Morgan fingerprint density at radius 3 is 2.32 bits per heavy atom. The van der Waals surface area contributed by atoms with Gasteiger partial charge in [0, 0.05) is 24.3 Å². The minimum Gasteiger partial charge on any atom is -0.493 e. The molecule has 1 aliphatic rings. The van der Waals surface area contributed by atoms with Gasteiger partial charge in [0.15, 0.2) is 11.5 Å². The van der Waals surface area contributed by atoms with Gasteiger partial charge in [0.2, 0.25) is 5.91 Å². The van der Waals surface area contributed by atoms with Crippen LogP contribution in [0.3, 0.4) is 0 Å². The fourth-order valence-electron chi connectivity index (χ4n) is 2.88. The second kappa shape index (κ2) is 7.25. The van der Waals surface area contributed by atoms with E-state index in [1.54, 1.807) is 35.1 Å². The number of methoxy groups -OCH3 is 2. The van der Waals surface area contributed by atoms with Crippen LogP contribution < -0.4 is 14.4 Å². The van der Waals surface area contributed by atoms with Crippen molar-refractivity contribution in [2.45, 2.75) is 0 Å². The predicted molar refractivity (Wildman–Crippen MR) is 94.2 cm³/mol. The third kappa shape index (κ3) is 3.42. The van der Waals surface area contributed by atoms with Crippen molar-refractivity contribution in [2.75, 3.05) is 38.8 Å². The Balaban J connectivity index is 1.74. The van der Waals surface area contributed by atoms with E-state index in [1.165, 1.54) is 7.11 Å². The number of hydrogen-bond donors (Lipinski definition) is 0. The van der Waals surface area contributed by atoms with Gasteiger partial charge in [0.25, 0.3) is 5.91 Å². The molecule has 1 fully saturated rings. The molecule has 25 heavy (non-hydrogen) atoms. The van der Waals surface area contributed by atoms with Gasteiger partial charge in [-0.25, -0.2) is 0 Å². The lowest BCUT2D eigenvalue weighted by atomic mass is 10.1. The van der Waals surface area contributed by atoms with Gasteiger partial charge >= 0.3 is 0 Å². The molecule has 0 atom stereocenters. The molecule has 1 saturated heterocycles. The van der Waals surface area contributed by atoms with Crippen molar-refractivity contribution in [1.82, 2.24) is 4.90 Å². The molecule has 2 aromatic carbocycles. The summed E-state index contributed by atoms with van der Waals surface area (Å²) in [7, 11) is 3.06. The molecule has 3 rings (SSSR count). The number of hydrogen-bond acceptors (Lipinski definition) is 4. The number of amides is 2. The molecule has 130 valence electrons.